The van der Waals surface area contributed by atoms with Crippen molar-refractivity contribution in [2.24, 2.45) is 0 Å². The number of carboxylic acids is 1. The molecule has 1 atom stereocenters. The van der Waals surface area contributed by atoms with E-state index < -0.39 is 12.0 Å². The van der Waals surface area contributed by atoms with E-state index in [1.165, 1.54) is 29.6 Å². The van der Waals surface area contributed by atoms with Gasteiger partial charge in [0, 0.05) is 25.0 Å². The largest absolute Gasteiger partial charge is 0.480 e. The molecule has 1 aromatic carbocycles. The van der Waals surface area contributed by atoms with Crippen molar-refractivity contribution in [2.45, 2.75) is 25.3 Å². The third-order valence-corrected chi connectivity index (χ3v) is 5.38. The Labute approximate surface area is 144 Å². The van der Waals surface area contributed by atoms with Gasteiger partial charge in [-0.3, -0.25) is 4.79 Å². The number of carbonyl (C=O) groups excluding carboxylic acids is 1. The Kier molecular flexibility index (Phi) is 4.97. The molecule has 1 aromatic heterocycles. The van der Waals surface area contributed by atoms with E-state index in [4.69, 9.17) is 4.74 Å². The molecule has 1 aliphatic rings. The molecule has 6 heteroatoms. The van der Waals surface area contributed by atoms with Gasteiger partial charge in [0.1, 0.15) is 6.04 Å². The second-order valence-corrected chi connectivity index (χ2v) is 6.82. The average molecular weight is 345 g/mol. The normalized spacial score (nSPS) is 13.7. The van der Waals surface area contributed by atoms with Gasteiger partial charge in [-0.15, -0.1) is 11.3 Å². The van der Waals surface area contributed by atoms with Crippen LogP contribution in [0.2, 0.25) is 0 Å². The quantitative estimate of drug-likeness (QED) is 0.844. The molecule has 1 unspecified atom stereocenters. The van der Waals surface area contributed by atoms with E-state index in [-0.39, 0.29) is 18.9 Å². The highest BCUT2D eigenvalue weighted by molar-refractivity contribution is 7.17. The first-order valence-electron chi connectivity index (χ1n) is 7.83. The van der Waals surface area contributed by atoms with Crippen molar-refractivity contribution >= 4 is 23.2 Å². The van der Waals surface area contributed by atoms with Gasteiger partial charge in [0.2, 0.25) is 0 Å². The molecule has 5 nitrogen and oxygen atoms in total. The van der Waals surface area contributed by atoms with Crippen LogP contribution in [0.15, 0.2) is 30.3 Å². The van der Waals surface area contributed by atoms with Gasteiger partial charge in [0.15, 0.2) is 0 Å². The minimum Gasteiger partial charge on any atom is -0.480 e. The fourth-order valence-corrected chi connectivity index (χ4v) is 4.08. The molecule has 0 fully saturated rings. The summed E-state index contributed by atoms with van der Waals surface area (Å²) in [4.78, 5) is 25.4. The Hall–Kier alpha value is -2.18. The van der Waals surface area contributed by atoms with Crippen LogP contribution in [0.5, 0.6) is 0 Å². The monoisotopic (exact) mass is 345 g/mol. The number of ether oxygens (including phenoxy) is 1. The summed E-state index contributed by atoms with van der Waals surface area (Å²) in [6.07, 6.45) is 2.11. The lowest BCUT2D eigenvalue weighted by molar-refractivity contribution is -0.139. The molecule has 1 aliphatic carbocycles. The Bertz CT molecular complexity index is 768. The van der Waals surface area contributed by atoms with Crippen LogP contribution in [0.1, 0.15) is 27.2 Å². The maximum Gasteiger partial charge on any atom is 0.326 e. The molecule has 0 saturated carbocycles. The van der Waals surface area contributed by atoms with Crippen molar-refractivity contribution in [3.05, 3.63) is 46.3 Å². The van der Waals surface area contributed by atoms with E-state index in [9.17, 15) is 14.7 Å². The van der Waals surface area contributed by atoms with Crippen LogP contribution in [-0.2, 0) is 22.4 Å². The predicted octanol–water partition coefficient (Wildman–Crippen LogP) is 2.73. The van der Waals surface area contributed by atoms with Crippen molar-refractivity contribution in [3.8, 4) is 10.4 Å². The third kappa shape index (κ3) is 3.34. The van der Waals surface area contributed by atoms with Gasteiger partial charge in [0.05, 0.1) is 4.88 Å². The number of aryl methyl sites for hydroxylation is 2. The van der Waals surface area contributed by atoms with Crippen LogP contribution in [0.3, 0.4) is 0 Å². The molecule has 0 radical (unpaired) electrons. The van der Waals surface area contributed by atoms with E-state index in [1.54, 1.807) is 0 Å². The van der Waals surface area contributed by atoms with Crippen molar-refractivity contribution in [2.75, 3.05) is 13.7 Å². The van der Waals surface area contributed by atoms with E-state index in [2.05, 4.69) is 17.4 Å². The van der Waals surface area contributed by atoms with Crippen molar-refractivity contribution < 1.29 is 19.4 Å². The third-order valence-electron chi connectivity index (χ3n) is 4.17. The number of rotatable bonds is 6. The number of fused-ring (bicyclic) bond motifs is 3. The molecular weight excluding hydrogens is 326 g/mol. The van der Waals surface area contributed by atoms with Crippen LogP contribution in [0.25, 0.3) is 10.4 Å². The molecule has 1 amide bonds. The molecule has 0 bridgehead atoms. The molecule has 24 heavy (non-hydrogen) atoms. The zero-order chi connectivity index (χ0) is 17.1. The van der Waals surface area contributed by atoms with Crippen LogP contribution in [-0.4, -0.2) is 36.7 Å². The topological polar surface area (TPSA) is 75.6 Å². The Balaban J connectivity index is 1.80. The van der Waals surface area contributed by atoms with Crippen LogP contribution in [0.4, 0.5) is 0 Å². The smallest absolute Gasteiger partial charge is 0.326 e. The predicted molar refractivity (Wildman–Crippen MR) is 92.5 cm³/mol. The number of carboxylic acid groups (broad SMARTS) is 1. The highest BCUT2D eigenvalue weighted by atomic mass is 32.1. The van der Waals surface area contributed by atoms with Crippen LogP contribution in [0, 0.1) is 0 Å². The molecule has 0 aliphatic heterocycles. The number of benzene rings is 1. The van der Waals surface area contributed by atoms with Gasteiger partial charge in [-0.05, 0) is 35.6 Å². The number of amides is 1. The summed E-state index contributed by atoms with van der Waals surface area (Å²) in [5, 5.41) is 11.8. The number of aliphatic carboxylic acids is 1. The van der Waals surface area contributed by atoms with Gasteiger partial charge in [-0.25, -0.2) is 4.79 Å². The summed E-state index contributed by atoms with van der Waals surface area (Å²) >= 11 is 1.43. The highest BCUT2D eigenvalue weighted by Crippen LogP contribution is 2.39. The second kappa shape index (κ2) is 7.15. The molecule has 3 rings (SSSR count). The summed E-state index contributed by atoms with van der Waals surface area (Å²) in [5.41, 5.74) is 3.63. The van der Waals surface area contributed by atoms with Gasteiger partial charge in [-0.2, -0.15) is 0 Å². The summed E-state index contributed by atoms with van der Waals surface area (Å²) < 4.78 is 4.90. The molecule has 1 heterocycles. The van der Waals surface area contributed by atoms with Gasteiger partial charge < -0.3 is 15.2 Å². The van der Waals surface area contributed by atoms with E-state index >= 15 is 0 Å². The Morgan fingerprint density at radius 3 is 2.79 bits per heavy atom. The molecule has 2 N–H and O–H groups in total. The standard InChI is InChI=1S/C18H19NO4S/c1-23-9-8-14(18(21)22)19-17(20)15-10-12-7-6-11-4-2-3-5-13(11)16(12)24-15/h2-5,10,14H,6-9H2,1H3,(H,19,20)(H,21,22). The lowest BCUT2D eigenvalue weighted by Gasteiger charge is -2.15. The lowest BCUT2D eigenvalue weighted by Crippen LogP contribution is -2.41. The summed E-state index contributed by atoms with van der Waals surface area (Å²) in [6, 6.07) is 9.16. The first kappa shape index (κ1) is 16.7. The maximum absolute atomic E-state index is 12.4. The molecular formula is C18H19NO4S. The minimum atomic E-state index is -1.05. The van der Waals surface area contributed by atoms with Crippen molar-refractivity contribution in [1.82, 2.24) is 5.32 Å². The van der Waals surface area contributed by atoms with Crippen LogP contribution < -0.4 is 5.32 Å². The Morgan fingerprint density at radius 1 is 1.29 bits per heavy atom. The average Bonchev–Trinajstić information content (AvgIpc) is 3.03. The molecule has 0 saturated heterocycles. The molecule has 126 valence electrons. The zero-order valence-corrected chi connectivity index (χ0v) is 14.2. The number of nitrogens with one attached hydrogen (secondary N) is 1. The van der Waals surface area contributed by atoms with Crippen molar-refractivity contribution in [3.63, 3.8) is 0 Å². The lowest BCUT2D eigenvalue weighted by atomic mass is 9.91. The van der Waals surface area contributed by atoms with E-state index in [1.807, 2.05) is 18.2 Å². The van der Waals surface area contributed by atoms with E-state index in [0.29, 0.717) is 4.88 Å². The number of hydrogen-bond acceptors (Lipinski definition) is 4. The number of thiophene rings is 1. The minimum absolute atomic E-state index is 0.242. The van der Waals surface area contributed by atoms with E-state index in [0.717, 1.165) is 23.3 Å². The summed E-state index contributed by atoms with van der Waals surface area (Å²) in [6.45, 7) is 0.283. The number of hydrogen-bond donors (Lipinski definition) is 2. The maximum atomic E-state index is 12.4. The summed E-state index contributed by atoms with van der Waals surface area (Å²) in [5.74, 6) is -1.39. The first-order valence-corrected chi connectivity index (χ1v) is 8.65. The second-order valence-electron chi connectivity index (χ2n) is 5.77. The molecule has 2 aromatic rings. The number of carbonyl (C=O) groups is 2. The molecule has 0 spiro atoms. The highest BCUT2D eigenvalue weighted by Gasteiger charge is 2.24. The van der Waals surface area contributed by atoms with Gasteiger partial charge >= 0.3 is 5.97 Å². The Morgan fingerprint density at radius 2 is 2.04 bits per heavy atom. The zero-order valence-electron chi connectivity index (χ0n) is 13.4. The first-order chi connectivity index (χ1) is 11.6. The fraction of sp³-hybridized carbons (Fsp3) is 0.333. The van der Waals surface area contributed by atoms with Gasteiger partial charge in [-0.1, -0.05) is 24.3 Å². The van der Waals surface area contributed by atoms with Crippen molar-refractivity contribution in [1.29, 1.82) is 0 Å². The van der Waals surface area contributed by atoms with Gasteiger partial charge in [0.25, 0.3) is 5.91 Å². The fourth-order valence-electron chi connectivity index (χ4n) is 2.91. The van der Waals surface area contributed by atoms with Crippen LogP contribution >= 0.6 is 11.3 Å². The SMILES string of the molecule is COCCC(NC(=O)c1cc2c(s1)-c1ccccc1CC2)C(=O)O. The number of methoxy groups -OCH3 is 1. The summed E-state index contributed by atoms with van der Waals surface area (Å²) in [7, 11) is 1.51.